The predicted octanol–water partition coefficient (Wildman–Crippen LogP) is 4.23. The molecule has 5 nitrogen and oxygen atoms in total. The first-order chi connectivity index (χ1) is 13.0. The van der Waals surface area contributed by atoms with Gasteiger partial charge in [-0.05, 0) is 49.6 Å². The normalized spacial score (nSPS) is 11.5. The van der Waals surface area contributed by atoms with Crippen molar-refractivity contribution < 1.29 is 14.3 Å². The predicted molar refractivity (Wildman–Crippen MR) is 112 cm³/mol. The van der Waals surface area contributed by atoms with Gasteiger partial charge in [0.25, 0.3) is 5.91 Å². The molecule has 2 rings (SSSR count). The van der Waals surface area contributed by atoms with Gasteiger partial charge in [0.2, 0.25) is 5.91 Å². The lowest BCUT2D eigenvalue weighted by Crippen LogP contribution is -2.44. The molecule has 2 aromatic carbocycles. The summed E-state index contributed by atoms with van der Waals surface area (Å²) in [7, 11) is 0. The van der Waals surface area contributed by atoms with E-state index in [4.69, 9.17) is 16.3 Å². The van der Waals surface area contributed by atoms with E-state index in [0.717, 1.165) is 5.75 Å². The Morgan fingerprint density at radius 1 is 1.19 bits per heavy atom. The number of benzene rings is 2. The van der Waals surface area contributed by atoms with E-state index in [1.54, 1.807) is 54.2 Å². The number of ether oxygens (including phenoxy) is 1. The SMILES string of the molecule is CCOc1cccc(NC(=O)C(CCSC)NC(=O)c2ccccc2Cl)c1. The highest BCUT2D eigenvalue weighted by atomic mass is 35.5. The van der Waals surface area contributed by atoms with Gasteiger partial charge in [0, 0.05) is 11.8 Å². The molecule has 144 valence electrons. The smallest absolute Gasteiger partial charge is 0.253 e. The van der Waals surface area contributed by atoms with Crippen molar-refractivity contribution in [1.82, 2.24) is 5.32 Å². The molecule has 0 fully saturated rings. The number of hydrogen-bond acceptors (Lipinski definition) is 4. The molecule has 2 amide bonds. The molecule has 2 aromatic rings. The second kappa shape index (κ2) is 10.8. The lowest BCUT2D eigenvalue weighted by Gasteiger charge is -2.19. The molecule has 7 heteroatoms. The van der Waals surface area contributed by atoms with Gasteiger partial charge in [-0.2, -0.15) is 11.8 Å². The molecule has 1 unspecified atom stereocenters. The first-order valence-electron chi connectivity index (χ1n) is 8.63. The molecule has 0 spiro atoms. The molecule has 0 aliphatic rings. The largest absolute Gasteiger partial charge is 0.494 e. The Bertz CT molecular complexity index is 785. The fourth-order valence-corrected chi connectivity index (χ4v) is 3.14. The average Bonchev–Trinajstić information content (AvgIpc) is 2.65. The van der Waals surface area contributed by atoms with Crippen LogP contribution in [-0.2, 0) is 4.79 Å². The third-order valence-electron chi connectivity index (χ3n) is 3.76. The molecule has 0 radical (unpaired) electrons. The average molecular weight is 407 g/mol. The maximum Gasteiger partial charge on any atom is 0.253 e. The van der Waals surface area contributed by atoms with Crippen LogP contribution in [0.25, 0.3) is 0 Å². The summed E-state index contributed by atoms with van der Waals surface area (Å²) in [4.78, 5) is 25.3. The molecule has 0 aliphatic carbocycles. The zero-order chi connectivity index (χ0) is 19.6. The van der Waals surface area contributed by atoms with E-state index in [0.29, 0.717) is 35.1 Å². The third kappa shape index (κ3) is 6.48. The molecule has 1 atom stereocenters. The maximum atomic E-state index is 12.7. The molecular weight excluding hydrogens is 384 g/mol. The molecule has 0 bridgehead atoms. The number of hydrogen-bond donors (Lipinski definition) is 2. The topological polar surface area (TPSA) is 67.4 Å². The van der Waals surface area contributed by atoms with Gasteiger partial charge in [0.15, 0.2) is 0 Å². The van der Waals surface area contributed by atoms with Crippen LogP contribution in [0.15, 0.2) is 48.5 Å². The van der Waals surface area contributed by atoms with Gasteiger partial charge >= 0.3 is 0 Å². The Morgan fingerprint density at radius 3 is 2.67 bits per heavy atom. The van der Waals surface area contributed by atoms with Gasteiger partial charge in [-0.3, -0.25) is 9.59 Å². The Labute approximate surface area is 168 Å². The quantitative estimate of drug-likeness (QED) is 0.654. The van der Waals surface area contributed by atoms with E-state index in [1.807, 2.05) is 19.2 Å². The third-order valence-corrected chi connectivity index (χ3v) is 4.74. The molecule has 0 saturated carbocycles. The van der Waals surface area contributed by atoms with Crippen molar-refractivity contribution in [2.24, 2.45) is 0 Å². The highest BCUT2D eigenvalue weighted by Gasteiger charge is 2.22. The Balaban J connectivity index is 2.10. The van der Waals surface area contributed by atoms with Crippen LogP contribution < -0.4 is 15.4 Å². The van der Waals surface area contributed by atoms with Crippen molar-refractivity contribution in [2.75, 3.05) is 23.9 Å². The summed E-state index contributed by atoms with van der Waals surface area (Å²) in [5.74, 6) is 0.763. The van der Waals surface area contributed by atoms with E-state index in [-0.39, 0.29) is 11.8 Å². The summed E-state index contributed by atoms with van der Waals surface area (Å²) in [6.07, 6.45) is 2.46. The number of halogens is 1. The summed E-state index contributed by atoms with van der Waals surface area (Å²) in [5.41, 5.74) is 0.964. The van der Waals surface area contributed by atoms with Crippen LogP contribution in [-0.4, -0.2) is 36.5 Å². The number of nitrogens with one attached hydrogen (secondary N) is 2. The molecule has 0 saturated heterocycles. The van der Waals surface area contributed by atoms with Crippen LogP contribution in [0.3, 0.4) is 0 Å². The number of amides is 2. The summed E-state index contributed by atoms with van der Waals surface area (Å²) >= 11 is 7.70. The van der Waals surface area contributed by atoms with Crippen LogP contribution in [0, 0.1) is 0 Å². The fraction of sp³-hybridized carbons (Fsp3) is 0.300. The van der Waals surface area contributed by atoms with Crippen molar-refractivity contribution in [3.8, 4) is 5.75 Å². The monoisotopic (exact) mass is 406 g/mol. The second-order valence-electron chi connectivity index (χ2n) is 5.74. The highest BCUT2D eigenvalue weighted by Crippen LogP contribution is 2.19. The summed E-state index contributed by atoms with van der Waals surface area (Å²) in [6, 6.07) is 13.3. The Morgan fingerprint density at radius 2 is 1.96 bits per heavy atom. The van der Waals surface area contributed by atoms with Crippen molar-refractivity contribution in [2.45, 2.75) is 19.4 Å². The summed E-state index contributed by atoms with van der Waals surface area (Å²) in [6.45, 7) is 2.44. The van der Waals surface area contributed by atoms with Gasteiger partial charge < -0.3 is 15.4 Å². The van der Waals surface area contributed by atoms with E-state index in [2.05, 4.69) is 10.6 Å². The first-order valence-corrected chi connectivity index (χ1v) is 10.4. The van der Waals surface area contributed by atoms with Crippen LogP contribution >= 0.6 is 23.4 Å². The molecular formula is C20H23ClN2O3S. The molecule has 0 aromatic heterocycles. The Hall–Kier alpha value is -2.18. The van der Waals surface area contributed by atoms with E-state index < -0.39 is 6.04 Å². The standard InChI is InChI=1S/C20H23ClN2O3S/c1-3-26-15-8-6-7-14(13-15)22-20(25)18(11-12-27-2)23-19(24)16-9-4-5-10-17(16)21/h4-10,13,18H,3,11-12H2,1-2H3,(H,22,25)(H,23,24). The zero-order valence-electron chi connectivity index (χ0n) is 15.3. The van der Waals surface area contributed by atoms with E-state index >= 15 is 0 Å². The van der Waals surface area contributed by atoms with Gasteiger partial charge in [-0.15, -0.1) is 0 Å². The fourth-order valence-electron chi connectivity index (χ4n) is 2.45. The van der Waals surface area contributed by atoms with Gasteiger partial charge in [0.1, 0.15) is 11.8 Å². The van der Waals surface area contributed by atoms with Crippen molar-refractivity contribution in [1.29, 1.82) is 0 Å². The minimum absolute atomic E-state index is 0.280. The van der Waals surface area contributed by atoms with Crippen molar-refractivity contribution >= 4 is 40.9 Å². The molecule has 2 N–H and O–H groups in total. The Kier molecular flexibility index (Phi) is 8.48. The van der Waals surface area contributed by atoms with Gasteiger partial charge in [0.05, 0.1) is 17.2 Å². The summed E-state index contributed by atoms with van der Waals surface area (Å²) in [5, 5.41) is 5.98. The maximum absolute atomic E-state index is 12.7. The minimum Gasteiger partial charge on any atom is -0.494 e. The van der Waals surface area contributed by atoms with Gasteiger partial charge in [-0.25, -0.2) is 0 Å². The molecule has 27 heavy (non-hydrogen) atoms. The molecule has 0 heterocycles. The van der Waals surface area contributed by atoms with Crippen LogP contribution in [0.1, 0.15) is 23.7 Å². The zero-order valence-corrected chi connectivity index (χ0v) is 16.9. The second-order valence-corrected chi connectivity index (χ2v) is 7.13. The van der Waals surface area contributed by atoms with Crippen LogP contribution in [0.4, 0.5) is 5.69 Å². The van der Waals surface area contributed by atoms with E-state index in [1.165, 1.54) is 0 Å². The number of rotatable bonds is 9. The van der Waals surface area contributed by atoms with Crippen molar-refractivity contribution in [3.05, 3.63) is 59.1 Å². The van der Waals surface area contributed by atoms with Gasteiger partial charge in [-0.1, -0.05) is 29.8 Å². The van der Waals surface area contributed by atoms with Crippen LogP contribution in [0.2, 0.25) is 5.02 Å². The lowest BCUT2D eigenvalue weighted by atomic mass is 10.1. The summed E-state index contributed by atoms with van der Waals surface area (Å²) < 4.78 is 5.45. The lowest BCUT2D eigenvalue weighted by molar-refractivity contribution is -0.118. The highest BCUT2D eigenvalue weighted by molar-refractivity contribution is 7.98. The van der Waals surface area contributed by atoms with Crippen LogP contribution in [0.5, 0.6) is 5.75 Å². The number of thioether (sulfide) groups is 1. The van der Waals surface area contributed by atoms with Crippen molar-refractivity contribution in [3.63, 3.8) is 0 Å². The number of anilines is 1. The molecule has 0 aliphatic heterocycles. The first kappa shape index (κ1) is 21.1. The minimum atomic E-state index is -0.669. The number of carbonyl (C=O) groups excluding carboxylic acids is 2. The number of carbonyl (C=O) groups is 2. The van der Waals surface area contributed by atoms with E-state index in [9.17, 15) is 9.59 Å².